The van der Waals surface area contributed by atoms with Crippen LogP contribution < -0.4 is 4.74 Å². The van der Waals surface area contributed by atoms with Crippen LogP contribution in [0.25, 0.3) is 0 Å². The van der Waals surface area contributed by atoms with E-state index in [2.05, 4.69) is 15.6 Å². The monoisotopic (exact) mass is 421 g/mol. The Labute approximate surface area is 168 Å². The highest BCUT2D eigenvalue weighted by atomic mass is 35.5. The maximum Gasteiger partial charge on any atom is 0.311 e. The highest BCUT2D eigenvalue weighted by Crippen LogP contribution is 2.62. The van der Waals surface area contributed by atoms with Crippen molar-refractivity contribution in [1.29, 1.82) is 0 Å². The SMILES string of the molecule is C=P(O[C@H](C)c1ccc([N+](=O)[O-])c(Oc2ccc(Cl)cc2)c1)(N1CC1)N1CC1. The largest absolute Gasteiger partial charge is 0.450 e. The Morgan fingerprint density at radius 1 is 1.14 bits per heavy atom. The van der Waals surface area contributed by atoms with Crippen LogP contribution in [0.4, 0.5) is 5.69 Å². The summed E-state index contributed by atoms with van der Waals surface area (Å²) in [7, 11) is -2.00. The van der Waals surface area contributed by atoms with E-state index in [4.69, 9.17) is 20.9 Å². The predicted molar refractivity (Wildman–Crippen MR) is 111 cm³/mol. The lowest BCUT2D eigenvalue weighted by atomic mass is 10.1. The molecule has 28 heavy (non-hydrogen) atoms. The van der Waals surface area contributed by atoms with Crippen LogP contribution in [0, 0.1) is 10.1 Å². The van der Waals surface area contributed by atoms with Gasteiger partial charge in [0.25, 0.3) is 0 Å². The van der Waals surface area contributed by atoms with Crippen molar-refractivity contribution in [1.82, 2.24) is 9.34 Å². The van der Waals surface area contributed by atoms with Gasteiger partial charge in [0.1, 0.15) is 13.2 Å². The molecule has 2 fully saturated rings. The summed E-state index contributed by atoms with van der Waals surface area (Å²) in [5.41, 5.74) is 0.713. The van der Waals surface area contributed by atoms with E-state index < -0.39 is 12.3 Å². The average molecular weight is 422 g/mol. The van der Waals surface area contributed by atoms with Crippen LogP contribution >= 0.6 is 19.0 Å². The third-order valence-electron chi connectivity index (χ3n) is 4.75. The molecule has 0 spiro atoms. The molecule has 7 nitrogen and oxygen atoms in total. The van der Waals surface area contributed by atoms with Crippen LogP contribution in [-0.2, 0) is 4.52 Å². The first-order valence-corrected chi connectivity index (χ1v) is 11.2. The molecule has 0 aromatic heterocycles. The maximum atomic E-state index is 11.4. The van der Waals surface area contributed by atoms with Crippen LogP contribution in [-0.4, -0.2) is 46.7 Å². The van der Waals surface area contributed by atoms with Crippen molar-refractivity contribution in [2.24, 2.45) is 0 Å². The van der Waals surface area contributed by atoms with Crippen LogP contribution in [0.1, 0.15) is 18.6 Å². The number of rotatable bonds is 8. The molecule has 2 aliphatic heterocycles. The Morgan fingerprint density at radius 2 is 1.75 bits per heavy atom. The van der Waals surface area contributed by atoms with Gasteiger partial charge >= 0.3 is 5.69 Å². The van der Waals surface area contributed by atoms with Crippen molar-refractivity contribution in [2.45, 2.75) is 13.0 Å². The predicted octanol–water partition coefficient (Wildman–Crippen LogP) is 4.94. The van der Waals surface area contributed by atoms with Gasteiger partial charge in [-0.3, -0.25) is 10.1 Å². The van der Waals surface area contributed by atoms with Gasteiger partial charge in [-0.2, -0.15) is 0 Å². The second-order valence-electron chi connectivity index (χ2n) is 6.86. The average Bonchev–Trinajstić information content (AvgIpc) is 3.55. The molecule has 2 aliphatic rings. The van der Waals surface area contributed by atoms with Crippen molar-refractivity contribution < 1.29 is 14.2 Å². The van der Waals surface area contributed by atoms with Crippen molar-refractivity contribution >= 4 is 31.0 Å². The Balaban J connectivity index is 1.59. The lowest BCUT2D eigenvalue weighted by Crippen LogP contribution is -2.11. The Bertz CT molecular complexity index is 929. The van der Waals surface area contributed by atoms with E-state index in [1.807, 2.05) is 6.92 Å². The summed E-state index contributed by atoms with van der Waals surface area (Å²) in [6, 6.07) is 11.5. The molecular formula is C19H21ClN3O4P. The minimum Gasteiger partial charge on any atom is -0.450 e. The van der Waals surface area contributed by atoms with E-state index in [0.29, 0.717) is 10.8 Å². The molecule has 4 rings (SSSR count). The fraction of sp³-hybridized carbons (Fsp3) is 0.316. The quantitative estimate of drug-likeness (QED) is 0.260. The fourth-order valence-corrected chi connectivity index (χ4v) is 5.79. The molecule has 2 aromatic rings. The van der Waals surface area contributed by atoms with E-state index in [9.17, 15) is 10.1 Å². The molecule has 0 bridgehead atoms. The molecular weight excluding hydrogens is 401 g/mol. The second-order valence-corrected chi connectivity index (χ2v) is 9.97. The normalized spacial score (nSPS) is 17.9. The molecule has 0 amide bonds. The first kappa shape index (κ1) is 19.4. The van der Waals surface area contributed by atoms with Gasteiger partial charge in [-0.05, 0) is 55.2 Å². The molecule has 2 saturated heterocycles. The van der Waals surface area contributed by atoms with Crippen molar-refractivity contribution in [3.63, 3.8) is 0 Å². The molecule has 0 saturated carbocycles. The summed E-state index contributed by atoms with van der Waals surface area (Å²) < 4.78 is 16.7. The number of hydrogen-bond donors (Lipinski definition) is 0. The summed E-state index contributed by atoms with van der Waals surface area (Å²) >= 11 is 5.89. The number of ether oxygens (including phenoxy) is 1. The molecule has 0 radical (unpaired) electrons. The third-order valence-corrected chi connectivity index (χ3v) is 8.22. The molecule has 2 aromatic carbocycles. The van der Waals surface area contributed by atoms with Gasteiger partial charge in [0.15, 0.2) is 0 Å². The maximum absolute atomic E-state index is 11.4. The van der Waals surface area contributed by atoms with E-state index in [1.165, 1.54) is 6.07 Å². The van der Waals surface area contributed by atoms with Crippen molar-refractivity contribution in [3.8, 4) is 11.5 Å². The molecule has 1 atom stereocenters. The molecule has 0 N–H and O–H groups in total. The van der Waals surface area contributed by atoms with E-state index in [1.54, 1.807) is 36.4 Å². The summed E-state index contributed by atoms with van der Waals surface area (Å²) in [6.07, 6.45) is 4.13. The Morgan fingerprint density at radius 3 is 2.29 bits per heavy atom. The first-order chi connectivity index (χ1) is 13.4. The van der Waals surface area contributed by atoms with Crippen LogP contribution in [0.15, 0.2) is 42.5 Å². The fourth-order valence-electron chi connectivity index (χ4n) is 2.99. The molecule has 148 valence electrons. The molecule has 2 heterocycles. The van der Waals surface area contributed by atoms with Gasteiger partial charge < -0.3 is 9.26 Å². The zero-order valence-electron chi connectivity index (χ0n) is 15.5. The Hall–Kier alpha value is -1.89. The van der Waals surface area contributed by atoms with Gasteiger partial charge in [-0.15, -0.1) is 0 Å². The first-order valence-electron chi connectivity index (χ1n) is 9.01. The lowest BCUT2D eigenvalue weighted by Gasteiger charge is -2.30. The van der Waals surface area contributed by atoms with Crippen LogP contribution in [0.3, 0.4) is 0 Å². The number of hydrogen-bond acceptors (Lipinski definition) is 6. The number of nitro benzene ring substituents is 1. The number of nitrogens with zero attached hydrogens (tertiary/aromatic N) is 3. The lowest BCUT2D eigenvalue weighted by molar-refractivity contribution is -0.385. The zero-order chi connectivity index (χ0) is 19.9. The van der Waals surface area contributed by atoms with Gasteiger partial charge in [-0.25, -0.2) is 9.34 Å². The van der Waals surface area contributed by atoms with Gasteiger partial charge in [-0.1, -0.05) is 11.6 Å². The summed E-state index contributed by atoms with van der Waals surface area (Å²) in [5.74, 6) is 0.650. The van der Waals surface area contributed by atoms with Gasteiger partial charge in [0, 0.05) is 37.3 Å². The summed E-state index contributed by atoms with van der Waals surface area (Å²) in [5, 5.41) is 12.0. The zero-order valence-corrected chi connectivity index (χ0v) is 17.1. The topological polar surface area (TPSA) is 67.6 Å². The van der Waals surface area contributed by atoms with Gasteiger partial charge in [0.05, 0.1) is 11.0 Å². The second kappa shape index (κ2) is 7.50. The van der Waals surface area contributed by atoms with Crippen LogP contribution in [0.5, 0.6) is 11.5 Å². The molecule has 9 heteroatoms. The number of halogens is 1. The number of nitro groups is 1. The molecule has 0 aliphatic carbocycles. The highest BCUT2D eigenvalue weighted by molar-refractivity contribution is 7.65. The number of benzene rings is 2. The minimum atomic E-state index is -2.00. The molecule has 0 unspecified atom stereocenters. The van der Waals surface area contributed by atoms with Gasteiger partial charge in [0.2, 0.25) is 5.75 Å². The van der Waals surface area contributed by atoms with Crippen LogP contribution in [0.2, 0.25) is 5.02 Å². The highest BCUT2D eigenvalue weighted by Gasteiger charge is 2.43. The van der Waals surface area contributed by atoms with E-state index in [-0.39, 0.29) is 17.5 Å². The Kier molecular flexibility index (Phi) is 5.21. The van der Waals surface area contributed by atoms with E-state index in [0.717, 1.165) is 31.7 Å². The van der Waals surface area contributed by atoms with Crippen molar-refractivity contribution in [3.05, 3.63) is 63.2 Å². The van der Waals surface area contributed by atoms with Crippen molar-refractivity contribution in [2.75, 3.05) is 26.2 Å². The summed E-state index contributed by atoms with van der Waals surface area (Å²) in [4.78, 5) is 11.0. The summed E-state index contributed by atoms with van der Waals surface area (Å²) in [6.45, 7) is 5.97. The minimum absolute atomic E-state index is 0.0986. The smallest absolute Gasteiger partial charge is 0.311 e. The standard InChI is InChI=1S/C19H21ClN3O4P/c1-14(27-28(2,21-9-10-21)22-11-12-22)15-3-8-18(23(24)25)19(13-15)26-17-6-4-16(20)5-7-17/h3-8,13-14H,2,9-12H2,1H3/t14-/m1/s1. The third kappa shape index (κ3) is 4.09. The van der Waals surface area contributed by atoms with E-state index >= 15 is 0 Å².